The summed E-state index contributed by atoms with van der Waals surface area (Å²) in [5.74, 6) is 0. The molecule has 1 N–H and O–H groups in total. The third kappa shape index (κ3) is 0.440. The molecule has 1 aliphatic heterocycles. The zero-order chi connectivity index (χ0) is 4.41. The van der Waals surface area contributed by atoms with Crippen LogP contribution >= 0.6 is 0 Å². The van der Waals surface area contributed by atoms with Gasteiger partial charge in [-0.25, -0.2) is 0 Å². The largest absolute Gasteiger partial charge is 0.367 e. The summed E-state index contributed by atoms with van der Waals surface area (Å²) in [5, 5.41) is 15.0. The minimum atomic E-state index is -0.676. The number of azo groups is 1. The van der Waals surface area contributed by atoms with Crippen LogP contribution in [-0.2, 0) is 0 Å². The van der Waals surface area contributed by atoms with Crippen molar-refractivity contribution >= 4 is 0 Å². The van der Waals surface area contributed by atoms with Crippen molar-refractivity contribution < 1.29 is 5.11 Å². The summed E-state index contributed by atoms with van der Waals surface area (Å²) in [6, 6.07) is 0. The standard InChI is InChI=1S/C3H4N2O/c6-3-1-2-4-5-3/h1-3,6H. The Balaban J connectivity index is 2.60. The molecule has 1 heterocycles. The maximum absolute atomic E-state index is 8.38. The Labute approximate surface area is 35.0 Å². The van der Waals surface area contributed by atoms with Crippen molar-refractivity contribution in [2.45, 2.75) is 6.23 Å². The van der Waals surface area contributed by atoms with Crippen LogP contribution in [0.4, 0.5) is 0 Å². The van der Waals surface area contributed by atoms with Crippen LogP contribution in [0.5, 0.6) is 0 Å². The summed E-state index contributed by atoms with van der Waals surface area (Å²) in [7, 11) is 0. The second-order valence-electron chi connectivity index (χ2n) is 0.986. The number of nitrogens with zero attached hydrogens (tertiary/aromatic N) is 2. The molecule has 1 atom stereocenters. The van der Waals surface area contributed by atoms with Crippen LogP contribution in [0.1, 0.15) is 0 Å². The maximum atomic E-state index is 8.38. The van der Waals surface area contributed by atoms with E-state index in [1.54, 1.807) is 0 Å². The van der Waals surface area contributed by atoms with E-state index in [1.807, 2.05) is 0 Å². The summed E-state index contributed by atoms with van der Waals surface area (Å²) in [6.07, 6.45) is 2.29. The molecule has 0 fully saturated rings. The summed E-state index contributed by atoms with van der Waals surface area (Å²) in [6.45, 7) is 0. The lowest BCUT2D eigenvalue weighted by molar-refractivity contribution is 0.232. The lowest BCUT2D eigenvalue weighted by atomic mass is 10.6. The molecule has 1 unspecified atom stereocenters. The topological polar surface area (TPSA) is 45.0 Å². The minimum Gasteiger partial charge on any atom is -0.367 e. The van der Waals surface area contributed by atoms with Gasteiger partial charge in [0.05, 0.1) is 0 Å². The molecule has 3 heteroatoms. The number of aliphatic hydroxyl groups excluding tert-OH is 1. The van der Waals surface area contributed by atoms with Crippen LogP contribution in [-0.4, -0.2) is 11.3 Å². The highest BCUT2D eigenvalue weighted by Crippen LogP contribution is 1.96. The van der Waals surface area contributed by atoms with Gasteiger partial charge in [0.1, 0.15) is 0 Å². The normalized spacial score (nSPS) is 29.2. The molecular weight excluding hydrogens is 80.0 g/mol. The average Bonchev–Trinajstić information content (AvgIpc) is 1.86. The fraction of sp³-hybridized carbons (Fsp3) is 0.333. The highest BCUT2D eigenvalue weighted by Gasteiger charge is 1.94. The van der Waals surface area contributed by atoms with E-state index in [-0.39, 0.29) is 0 Å². The first-order valence-corrected chi connectivity index (χ1v) is 1.64. The molecule has 32 valence electrons. The highest BCUT2D eigenvalue weighted by molar-refractivity contribution is 4.89. The second-order valence-corrected chi connectivity index (χ2v) is 0.986. The Hall–Kier alpha value is -0.700. The molecule has 0 aromatic heterocycles. The minimum absolute atomic E-state index is 0.676. The van der Waals surface area contributed by atoms with Crippen molar-refractivity contribution in [2.75, 3.05) is 0 Å². The van der Waals surface area contributed by atoms with Gasteiger partial charge in [0, 0.05) is 6.20 Å². The van der Waals surface area contributed by atoms with Crippen LogP contribution in [0.25, 0.3) is 0 Å². The van der Waals surface area contributed by atoms with Crippen molar-refractivity contribution in [1.82, 2.24) is 0 Å². The Bertz CT molecular complexity index is 85.0. The number of aliphatic hydroxyl groups is 1. The second kappa shape index (κ2) is 1.18. The quantitative estimate of drug-likeness (QED) is 0.450. The van der Waals surface area contributed by atoms with Gasteiger partial charge in [-0.1, -0.05) is 0 Å². The summed E-state index contributed by atoms with van der Waals surface area (Å²) < 4.78 is 0. The van der Waals surface area contributed by atoms with Crippen LogP contribution in [0.3, 0.4) is 0 Å². The van der Waals surface area contributed by atoms with E-state index in [9.17, 15) is 0 Å². The molecule has 3 nitrogen and oxygen atoms in total. The predicted molar refractivity (Wildman–Crippen MR) is 20.0 cm³/mol. The Morgan fingerprint density at radius 1 is 1.67 bits per heavy atom. The Kier molecular flexibility index (Phi) is 0.686. The summed E-state index contributed by atoms with van der Waals surface area (Å²) in [4.78, 5) is 0. The van der Waals surface area contributed by atoms with Gasteiger partial charge in [0.2, 0.25) is 0 Å². The summed E-state index contributed by atoms with van der Waals surface area (Å²) in [5.41, 5.74) is 0. The first-order valence-electron chi connectivity index (χ1n) is 1.64. The van der Waals surface area contributed by atoms with Gasteiger partial charge in [-0.05, 0) is 6.08 Å². The van der Waals surface area contributed by atoms with E-state index in [0.29, 0.717) is 0 Å². The number of hydrogen-bond acceptors (Lipinski definition) is 3. The van der Waals surface area contributed by atoms with Crippen molar-refractivity contribution in [2.24, 2.45) is 10.2 Å². The number of rotatable bonds is 0. The maximum Gasteiger partial charge on any atom is 0.186 e. The van der Waals surface area contributed by atoms with Gasteiger partial charge >= 0.3 is 0 Å². The smallest absolute Gasteiger partial charge is 0.186 e. The molecule has 0 saturated carbocycles. The molecule has 0 amide bonds. The fourth-order valence-corrected chi connectivity index (χ4v) is 0.261. The van der Waals surface area contributed by atoms with Crippen LogP contribution in [0, 0.1) is 0 Å². The zero-order valence-corrected chi connectivity index (χ0v) is 3.07. The molecule has 0 bridgehead atoms. The van der Waals surface area contributed by atoms with Crippen LogP contribution in [0.15, 0.2) is 22.5 Å². The molecule has 1 rings (SSSR count). The van der Waals surface area contributed by atoms with E-state index in [2.05, 4.69) is 10.2 Å². The van der Waals surface area contributed by atoms with E-state index in [1.165, 1.54) is 12.3 Å². The lowest BCUT2D eigenvalue weighted by Gasteiger charge is -1.81. The number of hydrogen-bond donors (Lipinski definition) is 1. The van der Waals surface area contributed by atoms with Gasteiger partial charge in [0.25, 0.3) is 0 Å². The fourth-order valence-electron chi connectivity index (χ4n) is 0.261. The molecular formula is C3H4N2O. The van der Waals surface area contributed by atoms with Gasteiger partial charge in [0.15, 0.2) is 6.23 Å². The average molecular weight is 84.1 g/mol. The third-order valence-corrected chi connectivity index (χ3v) is 0.510. The van der Waals surface area contributed by atoms with Crippen LogP contribution in [0.2, 0.25) is 0 Å². The Morgan fingerprint density at radius 3 is 2.67 bits per heavy atom. The van der Waals surface area contributed by atoms with Gasteiger partial charge in [-0.3, -0.25) is 0 Å². The van der Waals surface area contributed by atoms with Gasteiger partial charge in [-0.15, -0.1) is 0 Å². The Morgan fingerprint density at radius 2 is 2.50 bits per heavy atom. The molecule has 0 aromatic rings. The summed E-state index contributed by atoms with van der Waals surface area (Å²) >= 11 is 0. The van der Waals surface area contributed by atoms with E-state index in [0.717, 1.165) is 0 Å². The predicted octanol–water partition coefficient (Wildman–Crippen LogP) is 0.284. The van der Waals surface area contributed by atoms with Crippen molar-refractivity contribution in [3.63, 3.8) is 0 Å². The molecule has 0 aromatic carbocycles. The molecule has 6 heavy (non-hydrogen) atoms. The van der Waals surface area contributed by atoms with Gasteiger partial charge in [-0.2, -0.15) is 10.2 Å². The van der Waals surface area contributed by atoms with E-state index >= 15 is 0 Å². The third-order valence-electron chi connectivity index (χ3n) is 0.510. The van der Waals surface area contributed by atoms with Crippen molar-refractivity contribution in [3.05, 3.63) is 12.3 Å². The highest BCUT2D eigenvalue weighted by atomic mass is 16.3. The van der Waals surface area contributed by atoms with E-state index < -0.39 is 6.23 Å². The molecule has 0 aliphatic carbocycles. The van der Waals surface area contributed by atoms with E-state index in [4.69, 9.17) is 5.11 Å². The molecule has 1 aliphatic rings. The molecule has 0 radical (unpaired) electrons. The van der Waals surface area contributed by atoms with Crippen molar-refractivity contribution in [3.8, 4) is 0 Å². The first-order chi connectivity index (χ1) is 2.89. The van der Waals surface area contributed by atoms with Gasteiger partial charge < -0.3 is 5.11 Å². The SMILES string of the molecule is OC1C=CN=N1. The molecule has 0 spiro atoms. The van der Waals surface area contributed by atoms with Crippen molar-refractivity contribution in [1.29, 1.82) is 0 Å². The first kappa shape index (κ1) is 3.49. The monoisotopic (exact) mass is 84.0 g/mol. The zero-order valence-electron chi connectivity index (χ0n) is 3.07. The van der Waals surface area contributed by atoms with Crippen LogP contribution < -0.4 is 0 Å². The molecule has 0 saturated heterocycles. The lowest BCUT2D eigenvalue weighted by Crippen LogP contribution is -1.89.